The van der Waals surface area contributed by atoms with Crippen molar-refractivity contribution in [2.45, 2.75) is 22.6 Å². The standard InChI is InChI=1S/C20H24N2O10S2.2Na/c1-31-11-19(23)21-15-7-5-13(17(9-15)33(25,26)27)3-4-14-6-8-16(22-20(24)12-32-2)10-18(14)34(28,29)30;;/h5-10H,3-4,11-12H2,1-2H3,(H,21,23)(H,22,24)(H,25,26,27)(H,28,29,30);;/q;2*+1/p-2. The first kappa shape index (κ1) is 35.1. The summed E-state index contributed by atoms with van der Waals surface area (Å²) in [5.74, 6) is -1.13. The van der Waals surface area contributed by atoms with E-state index in [1.807, 2.05) is 0 Å². The number of amides is 2. The van der Waals surface area contributed by atoms with E-state index in [-0.39, 0.29) is 108 Å². The number of aryl methyl sites for hydroxylation is 2. The normalized spacial score (nSPS) is 11.1. The van der Waals surface area contributed by atoms with Crippen LogP contribution in [0.4, 0.5) is 11.4 Å². The Labute approximate surface area is 253 Å². The minimum absolute atomic E-state index is 0. The van der Waals surface area contributed by atoms with Gasteiger partial charge < -0.3 is 29.2 Å². The summed E-state index contributed by atoms with van der Waals surface area (Å²) < 4.78 is 79.9. The molecule has 186 valence electrons. The number of hydrogen-bond acceptors (Lipinski definition) is 10. The predicted octanol–water partition coefficient (Wildman–Crippen LogP) is -5.54. The van der Waals surface area contributed by atoms with Crippen LogP contribution in [0, 0.1) is 0 Å². The van der Waals surface area contributed by atoms with E-state index >= 15 is 0 Å². The molecule has 0 aliphatic rings. The van der Waals surface area contributed by atoms with Gasteiger partial charge in [0.25, 0.3) is 0 Å². The second-order valence-electron chi connectivity index (χ2n) is 7.02. The molecular formula is C20H22N2Na2O10S2. The average Bonchev–Trinajstić information content (AvgIpc) is 2.72. The molecule has 0 unspecified atom stereocenters. The van der Waals surface area contributed by atoms with Gasteiger partial charge in [-0.05, 0) is 48.2 Å². The zero-order chi connectivity index (χ0) is 25.5. The van der Waals surface area contributed by atoms with Crippen molar-refractivity contribution >= 4 is 43.4 Å². The van der Waals surface area contributed by atoms with Crippen LogP contribution in [-0.4, -0.2) is 65.2 Å². The van der Waals surface area contributed by atoms with E-state index in [9.17, 15) is 35.5 Å². The third-order valence-electron chi connectivity index (χ3n) is 4.46. The summed E-state index contributed by atoms with van der Waals surface area (Å²) in [7, 11) is -7.29. The maximum Gasteiger partial charge on any atom is 1.00 e. The minimum atomic E-state index is -4.94. The Morgan fingerprint density at radius 2 is 1.06 bits per heavy atom. The molecule has 16 heteroatoms. The third-order valence-corrected chi connectivity index (χ3v) is 6.29. The maximum absolute atomic E-state index is 11.8. The van der Waals surface area contributed by atoms with Crippen LogP contribution in [0.15, 0.2) is 46.2 Å². The maximum atomic E-state index is 11.8. The van der Waals surface area contributed by atoms with Crippen LogP contribution in [-0.2, 0) is 52.1 Å². The molecule has 0 saturated carbocycles. The van der Waals surface area contributed by atoms with Crippen molar-refractivity contribution < 1.29 is 104 Å². The molecular weight excluding hydrogens is 538 g/mol. The van der Waals surface area contributed by atoms with Gasteiger partial charge in [0.15, 0.2) is 0 Å². The summed E-state index contributed by atoms with van der Waals surface area (Å²) in [6.45, 7) is -0.564. The van der Waals surface area contributed by atoms with Crippen molar-refractivity contribution in [2.24, 2.45) is 0 Å². The van der Waals surface area contributed by atoms with Crippen molar-refractivity contribution in [3.05, 3.63) is 47.5 Å². The third kappa shape index (κ3) is 10.8. The van der Waals surface area contributed by atoms with Crippen molar-refractivity contribution in [3.63, 3.8) is 0 Å². The van der Waals surface area contributed by atoms with E-state index in [0.717, 1.165) is 12.1 Å². The number of hydrogen-bond donors (Lipinski definition) is 2. The van der Waals surface area contributed by atoms with Gasteiger partial charge in [0.1, 0.15) is 33.5 Å². The van der Waals surface area contributed by atoms with E-state index in [4.69, 9.17) is 0 Å². The van der Waals surface area contributed by atoms with Crippen LogP contribution in [0.5, 0.6) is 0 Å². The Bertz CT molecular complexity index is 1190. The molecule has 2 aromatic carbocycles. The van der Waals surface area contributed by atoms with Gasteiger partial charge in [-0.15, -0.1) is 0 Å². The number of benzene rings is 2. The summed E-state index contributed by atoms with van der Waals surface area (Å²) >= 11 is 0. The SMILES string of the molecule is COCC(=O)Nc1ccc(CCc2ccc(NC(=O)COC)cc2S(=O)(=O)[O-])c(S(=O)(=O)[O-])c1.[Na+].[Na+]. The van der Waals surface area contributed by atoms with Crippen molar-refractivity contribution in [2.75, 3.05) is 38.1 Å². The van der Waals surface area contributed by atoms with Crippen LogP contribution >= 0.6 is 0 Å². The molecule has 36 heavy (non-hydrogen) atoms. The first-order chi connectivity index (χ1) is 15.8. The number of nitrogens with one attached hydrogen (secondary N) is 2. The first-order valence-electron chi connectivity index (χ1n) is 9.60. The molecule has 0 aliphatic heterocycles. The molecule has 2 aromatic rings. The van der Waals surface area contributed by atoms with E-state index in [1.54, 1.807) is 0 Å². The number of carbonyl (C=O) groups is 2. The van der Waals surface area contributed by atoms with Gasteiger partial charge >= 0.3 is 59.1 Å². The van der Waals surface area contributed by atoms with Crippen molar-refractivity contribution in [3.8, 4) is 0 Å². The molecule has 0 aromatic heterocycles. The summed E-state index contributed by atoms with van der Waals surface area (Å²) in [5, 5.41) is 4.77. The fourth-order valence-electron chi connectivity index (χ4n) is 3.07. The zero-order valence-electron chi connectivity index (χ0n) is 20.2. The number of rotatable bonds is 11. The largest absolute Gasteiger partial charge is 1.00 e. The molecule has 2 N–H and O–H groups in total. The van der Waals surface area contributed by atoms with Gasteiger partial charge in [0, 0.05) is 25.6 Å². The van der Waals surface area contributed by atoms with Gasteiger partial charge in [0.2, 0.25) is 11.8 Å². The smallest absolute Gasteiger partial charge is 0.744 e. The van der Waals surface area contributed by atoms with Crippen LogP contribution in [0.1, 0.15) is 11.1 Å². The fraction of sp³-hybridized carbons (Fsp3) is 0.300. The topological polar surface area (TPSA) is 191 Å². The van der Waals surface area contributed by atoms with Crippen molar-refractivity contribution in [1.82, 2.24) is 0 Å². The Hall–Kier alpha value is -0.880. The van der Waals surface area contributed by atoms with Gasteiger partial charge in [-0.2, -0.15) is 0 Å². The molecule has 12 nitrogen and oxygen atoms in total. The van der Waals surface area contributed by atoms with Crippen LogP contribution in [0.25, 0.3) is 0 Å². The van der Waals surface area contributed by atoms with Gasteiger partial charge in [-0.1, -0.05) is 12.1 Å². The van der Waals surface area contributed by atoms with Crippen LogP contribution in [0.2, 0.25) is 0 Å². The van der Waals surface area contributed by atoms with Crippen LogP contribution < -0.4 is 69.7 Å². The number of ether oxygens (including phenoxy) is 2. The molecule has 0 radical (unpaired) electrons. The number of carbonyl (C=O) groups excluding carboxylic acids is 2. The monoisotopic (exact) mass is 560 g/mol. The quantitative estimate of drug-likeness (QED) is 0.198. The van der Waals surface area contributed by atoms with E-state index in [1.165, 1.54) is 38.5 Å². The molecule has 2 rings (SSSR count). The Kier molecular flexibility index (Phi) is 15.1. The number of anilines is 2. The predicted molar refractivity (Wildman–Crippen MR) is 117 cm³/mol. The summed E-state index contributed by atoms with van der Waals surface area (Å²) in [5.41, 5.74) is 0.233. The molecule has 2 amide bonds. The average molecular weight is 561 g/mol. The second-order valence-corrected chi connectivity index (χ2v) is 9.71. The van der Waals surface area contributed by atoms with E-state index < -0.39 is 41.8 Å². The second kappa shape index (κ2) is 15.5. The summed E-state index contributed by atoms with van der Waals surface area (Å²) in [6, 6.07) is 7.33. The number of methoxy groups -OCH3 is 2. The van der Waals surface area contributed by atoms with Crippen molar-refractivity contribution in [1.29, 1.82) is 0 Å². The molecule has 0 spiro atoms. The molecule has 0 fully saturated rings. The Morgan fingerprint density at radius 3 is 1.33 bits per heavy atom. The molecule has 0 heterocycles. The zero-order valence-corrected chi connectivity index (χ0v) is 25.8. The van der Waals surface area contributed by atoms with Crippen LogP contribution in [0.3, 0.4) is 0 Å². The Morgan fingerprint density at radius 1 is 0.722 bits per heavy atom. The van der Waals surface area contributed by atoms with Gasteiger partial charge in [-0.3, -0.25) is 9.59 Å². The molecule has 0 aliphatic carbocycles. The summed E-state index contributed by atoms with van der Waals surface area (Å²) in [4.78, 5) is 22.1. The van der Waals surface area contributed by atoms with Gasteiger partial charge in [0.05, 0.1) is 9.79 Å². The molecule has 0 saturated heterocycles. The van der Waals surface area contributed by atoms with Gasteiger partial charge in [-0.25, -0.2) is 16.8 Å². The first-order valence-corrected chi connectivity index (χ1v) is 12.4. The molecule has 0 atom stereocenters. The van der Waals surface area contributed by atoms with E-state index in [0.29, 0.717) is 0 Å². The Balaban J connectivity index is 0.00000612. The minimum Gasteiger partial charge on any atom is -0.744 e. The molecule has 0 bridgehead atoms. The van der Waals surface area contributed by atoms with E-state index in [2.05, 4.69) is 20.1 Å². The summed E-state index contributed by atoms with van der Waals surface area (Å²) in [6.07, 6.45) is -0.220. The fourth-order valence-corrected chi connectivity index (χ4v) is 4.59.